The average molecular weight is 655 g/mol. The predicted molar refractivity (Wildman–Crippen MR) is 170 cm³/mol. The van der Waals surface area contributed by atoms with Crippen molar-refractivity contribution in [1.82, 2.24) is 9.21 Å². The van der Waals surface area contributed by atoms with Crippen LogP contribution in [0.2, 0.25) is 0 Å². The van der Waals surface area contributed by atoms with Crippen molar-refractivity contribution in [2.45, 2.75) is 37.3 Å². The summed E-state index contributed by atoms with van der Waals surface area (Å²) in [5.74, 6) is 1.49. The first-order valence-electron chi connectivity index (χ1n) is 14.8. The molecule has 0 bridgehead atoms. The number of rotatable bonds is 9. The Morgan fingerprint density at radius 1 is 1.04 bits per heavy atom. The van der Waals surface area contributed by atoms with Gasteiger partial charge >= 0.3 is 6.03 Å². The van der Waals surface area contributed by atoms with E-state index in [2.05, 4.69) is 10.6 Å². The van der Waals surface area contributed by atoms with E-state index in [1.165, 1.54) is 30.6 Å². The van der Waals surface area contributed by atoms with E-state index < -0.39 is 28.2 Å². The second-order valence-electron chi connectivity index (χ2n) is 11.3. The molecule has 0 aliphatic carbocycles. The van der Waals surface area contributed by atoms with Gasteiger partial charge in [-0.2, -0.15) is 4.31 Å². The minimum absolute atomic E-state index is 0.0115. The Morgan fingerprint density at radius 3 is 2.37 bits per heavy atom. The summed E-state index contributed by atoms with van der Waals surface area (Å²) in [6.07, 6.45) is -0.720. The molecular formula is C32H38N4O9S. The topological polar surface area (TPSA) is 156 Å². The van der Waals surface area contributed by atoms with Crippen LogP contribution in [0.15, 0.2) is 65.6 Å². The molecule has 2 aliphatic heterocycles. The van der Waals surface area contributed by atoms with Gasteiger partial charge in [-0.3, -0.25) is 4.79 Å². The Bertz CT molecular complexity index is 1680. The van der Waals surface area contributed by atoms with E-state index in [-0.39, 0.29) is 49.6 Å². The highest BCUT2D eigenvalue weighted by atomic mass is 32.2. The van der Waals surface area contributed by atoms with Crippen molar-refractivity contribution in [3.8, 4) is 23.0 Å². The molecule has 5 rings (SSSR count). The summed E-state index contributed by atoms with van der Waals surface area (Å²) in [5, 5.41) is 15.5. The summed E-state index contributed by atoms with van der Waals surface area (Å²) >= 11 is 0. The number of nitrogens with one attached hydrogen (secondary N) is 2. The van der Waals surface area contributed by atoms with E-state index in [1.807, 2.05) is 6.92 Å². The highest BCUT2D eigenvalue weighted by molar-refractivity contribution is 7.89. The van der Waals surface area contributed by atoms with Gasteiger partial charge < -0.3 is 39.6 Å². The summed E-state index contributed by atoms with van der Waals surface area (Å²) < 4.78 is 50.4. The van der Waals surface area contributed by atoms with Gasteiger partial charge in [0.2, 0.25) is 22.7 Å². The molecule has 2 aliphatic rings. The van der Waals surface area contributed by atoms with Gasteiger partial charge in [-0.15, -0.1) is 0 Å². The fraction of sp³-hybridized carbons (Fsp3) is 0.375. The number of ether oxygens (including phenoxy) is 4. The molecule has 3 aromatic rings. The zero-order valence-electron chi connectivity index (χ0n) is 26.1. The van der Waals surface area contributed by atoms with Gasteiger partial charge in [0, 0.05) is 42.5 Å². The van der Waals surface area contributed by atoms with Gasteiger partial charge in [0.05, 0.1) is 37.6 Å². The van der Waals surface area contributed by atoms with Crippen molar-refractivity contribution in [1.29, 1.82) is 0 Å². The first-order valence-corrected chi connectivity index (χ1v) is 16.2. The fourth-order valence-corrected chi connectivity index (χ4v) is 6.46. The Hall–Kier alpha value is -4.53. The van der Waals surface area contributed by atoms with E-state index in [9.17, 15) is 23.1 Å². The van der Waals surface area contributed by atoms with Crippen molar-refractivity contribution < 1.29 is 42.1 Å². The van der Waals surface area contributed by atoms with Gasteiger partial charge in [-0.05, 0) is 61.5 Å². The zero-order chi connectivity index (χ0) is 33.0. The molecule has 14 heteroatoms. The van der Waals surface area contributed by atoms with Crippen molar-refractivity contribution in [2.24, 2.45) is 5.92 Å². The molecule has 3 N–H and O–H groups in total. The number of hydrogen-bond acceptors (Lipinski definition) is 9. The Kier molecular flexibility index (Phi) is 9.89. The second kappa shape index (κ2) is 13.8. The van der Waals surface area contributed by atoms with Crippen LogP contribution in [0.5, 0.6) is 23.0 Å². The highest BCUT2D eigenvalue weighted by Gasteiger charge is 2.33. The van der Waals surface area contributed by atoms with Crippen LogP contribution in [0.3, 0.4) is 0 Å². The second-order valence-corrected chi connectivity index (χ2v) is 13.4. The van der Waals surface area contributed by atoms with Crippen molar-refractivity contribution in [3.63, 3.8) is 0 Å². The molecule has 0 saturated heterocycles. The van der Waals surface area contributed by atoms with Crippen molar-refractivity contribution >= 4 is 33.3 Å². The number of hydrogen-bond donors (Lipinski definition) is 3. The first-order chi connectivity index (χ1) is 22.0. The average Bonchev–Trinajstić information content (AvgIpc) is 3.52. The number of amides is 3. The van der Waals surface area contributed by atoms with E-state index in [0.717, 1.165) is 0 Å². The maximum Gasteiger partial charge on any atom is 0.323 e. The molecule has 46 heavy (non-hydrogen) atoms. The molecule has 13 nitrogen and oxygen atoms in total. The van der Waals surface area contributed by atoms with Crippen LogP contribution in [0.25, 0.3) is 0 Å². The molecule has 246 valence electrons. The molecule has 0 radical (unpaired) electrons. The number of anilines is 2. The maximum absolute atomic E-state index is 13.5. The standard InChI is InChI=1S/C32H38N4O9S/c1-20-16-36(21(2)18-37)31(38)14-22-13-23(33-32(39)34-24-6-12-28-29(15-24)44-19-43-28)5-11-27(22)45-30(20)17-35(3)46(40,41)26-9-7-25(42-4)8-10-26/h5-13,15,20-21,30,37H,14,16-19H2,1-4H3,(H2,33,34,39)/t20-,21-,30-/m0/s1. The summed E-state index contributed by atoms with van der Waals surface area (Å²) in [7, 11) is -0.897. The number of carbonyl (C=O) groups excluding carboxylic acids is 2. The number of benzene rings is 3. The first kappa shape index (κ1) is 32.9. The number of methoxy groups -OCH3 is 1. The molecule has 2 heterocycles. The molecule has 0 saturated carbocycles. The molecule has 3 amide bonds. The largest absolute Gasteiger partial charge is 0.497 e. The number of aliphatic hydroxyl groups is 1. The molecule has 3 atom stereocenters. The van der Waals surface area contributed by atoms with Crippen LogP contribution in [-0.2, 0) is 21.2 Å². The van der Waals surface area contributed by atoms with Crippen LogP contribution < -0.4 is 29.6 Å². The van der Waals surface area contributed by atoms with Gasteiger partial charge in [-0.1, -0.05) is 6.92 Å². The number of carbonyl (C=O) groups is 2. The van der Waals surface area contributed by atoms with E-state index in [0.29, 0.717) is 39.9 Å². The minimum Gasteiger partial charge on any atom is -0.497 e. The summed E-state index contributed by atoms with van der Waals surface area (Å²) in [4.78, 5) is 28.1. The van der Waals surface area contributed by atoms with Crippen LogP contribution in [0, 0.1) is 5.92 Å². The van der Waals surface area contributed by atoms with Gasteiger partial charge in [0.15, 0.2) is 11.5 Å². The smallest absolute Gasteiger partial charge is 0.323 e. The lowest BCUT2D eigenvalue weighted by Gasteiger charge is -2.33. The molecule has 0 spiro atoms. The minimum atomic E-state index is -3.88. The molecule has 3 aromatic carbocycles. The number of fused-ring (bicyclic) bond motifs is 2. The Morgan fingerprint density at radius 2 is 1.70 bits per heavy atom. The number of likely N-dealkylation sites (N-methyl/N-ethyl adjacent to an activating group) is 1. The zero-order valence-corrected chi connectivity index (χ0v) is 26.9. The fourth-order valence-electron chi connectivity index (χ4n) is 5.27. The lowest BCUT2D eigenvalue weighted by atomic mass is 10.0. The van der Waals surface area contributed by atoms with E-state index in [4.69, 9.17) is 18.9 Å². The Labute approximate surface area is 268 Å². The predicted octanol–water partition coefficient (Wildman–Crippen LogP) is 3.54. The number of aliphatic hydroxyl groups excluding tert-OH is 1. The van der Waals surface area contributed by atoms with Crippen molar-refractivity contribution in [2.75, 3.05) is 51.3 Å². The van der Waals surface area contributed by atoms with Gasteiger partial charge in [-0.25, -0.2) is 13.2 Å². The van der Waals surface area contributed by atoms with Crippen molar-refractivity contribution in [3.05, 3.63) is 66.2 Å². The number of sulfonamides is 1. The molecule has 0 fully saturated rings. The number of urea groups is 1. The molecular weight excluding hydrogens is 616 g/mol. The van der Waals surface area contributed by atoms with E-state index in [1.54, 1.807) is 60.4 Å². The monoisotopic (exact) mass is 654 g/mol. The SMILES string of the molecule is COc1ccc(S(=O)(=O)N(C)C[C@@H]2Oc3ccc(NC(=O)Nc4ccc5c(c4)OCO5)cc3CC(=O)N([C@@H](C)CO)C[C@@H]2C)cc1. The van der Waals surface area contributed by atoms with Crippen LogP contribution in [0.4, 0.5) is 16.2 Å². The van der Waals surface area contributed by atoms with Gasteiger partial charge in [0.25, 0.3) is 0 Å². The highest BCUT2D eigenvalue weighted by Crippen LogP contribution is 2.34. The third-order valence-corrected chi connectivity index (χ3v) is 9.85. The summed E-state index contributed by atoms with van der Waals surface area (Å²) in [6, 6.07) is 15.1. The molecule has 0 aromatic heterocycles. The van der Waals surface area contributed by atoms with Crippen LogP contribution in [0.1, 0.15) is 19.4 Å². The van der Waals surface area contributed by atoms with Gasteiger partial charge in [0.1, 0.15) is 17.6 Å². The third-order valence-electron chi connectivity index (χ3n) is 8.01. The van der Waals surface area contributed by atoms with Crippen LogP contribution in [-0.4, -0.2) is 87.5 Å². The summed E-state index contributed by atoms with van der Waals surface area (Å²) in [6.45, 7) is 3.72. The lowest BCUT2D eigenvalue weighted by molar-refractivity contribution is -0.134. The van der Waals surface area contributed by atoms with Crippen LogP contribution >= 0.6 is 0 Å². The summed E-state index contributed by atoms with van der Waals surface area (Å²) in [5.41, 5.74) is 1.42. The third kappa shape index (κ3) is 7.30. The normalized spacial score (nSPS) is 18.5. The number of nitrogens with zero attached hydrogens (tertiary/aromatic N) is 2. The van der Waals surface area contributed by atoms with E-state index >= 15 is 0 Å². The maximum atomic E-state index is 13.5. The lowest BCUT2D eigenvalue weighted by Crippen LogP contribution is -2.48. The molecule has 0 unspecified atom stereocenters. The quantitative estimate of drug-likeness (QED) is 0.314. The Balaban J connectivity index is 1.38.